The summed E-state index contributed by atoms with van der Waals surface area (Å²) in [4.78, 5) is 12.8. The van der Waals surface area contributed by atoms with Crippen molar-refractivity contribution in [2.75, 3.05) is 13.2 Å². The molecule has 0 N–H and O–H groups in total. The monoisotopic (exact) mass is 290 g/mol. The SMILES string of the molecule is CCOC(CC)(CC)C(=O)CC1CCOc2ccccc21. The fourth-order valence-corrected chi connectivity index (χ4v) is 3.24. The summed E-state index contributed by atoms with van der Waals surface area (Å²) >= 11 is 0. The second kappa shape index (κ2) is 7.08. The van der Waals surface area contributed by atoms with E-state index in [1.165, 1.54) is 0 Å². The van der Waals surface area contributed by atoms with Crippen molar-refractivity contribution in [3.8, 4) is 5.75 Å². The third-order valence-corrected chi connectivity index (χ3v) is 4.59. The maximum absolute atomic E-state index is 12.8. The number of benzene rings is 1. The van der Waals surface area contributed by atoms with E-state index in [0.717, 1.165) is 30.6 Å². The van der Waals surface area contributed by atoms with E-state index < -0.39 is 5.60 Å². The molecule has 1 atom stereocenters. The topological polar surface area (TPSA) is 35.5 Å². The normalized spacial score (nSPS) is 18.0. The molecule has 2 rings (SSSR count). The number of rotatable bonds is 7. The van der Waals surface area contributed by atoms with Crippen LogP contribution in [0, 0.1) is 0 Å². The Morgan fingerprint density at radius 1 is 1.29 bits per heavy atom. The van der Waals surface area contributed by atoms with Crippen molar-refractivity contribution in [1.82, 2.24) is 0 Å². The van der Waals surface area contributed by atoms with Gasteiger partial charge in [-0.2, -0.15) is 0 Å². The summed E-state index contributed by atoms with van der Waals surface area (Å²) in [6, 6.07) is 8.06. The van der Waals surface area contributed by atoms with Crippen LogP contribution in [0.4, 0.5) is 0 Å². The van der Waals surface area contributed by atoms with Gasteiger partial charge in [0.15, 0.2) is 5.78 Å². The van der Waals surface area contributed by atoms with Crippen LogP contribution in [0.5, 0.6) is 5.75 Å². The minimum Gasteiger partial charge on any atom is -0.493 e. The fraction of sp³-hybridized carbons (Fsp3) is 0.611. The number of carbonyl (C=O) groups excluding carboxylic acids is 1. The van der Waals surface area contributed by atoms with Crippen LogP contribution in [0.2, 0.25) is 0 Å². The molecule has 0 aliphatic carbocycles. The molecule has 0 saturated heterocycles. The lowest BCUT2D eigenvalue weighted by molar-refractivity contribution is -0.146. The second-order valence-corrected chi connectivity index (χ2v) is 5.63. The van der Waals surface area contributed by atoms with Gasteiger partial charge in [0.2, 0.25) is 0 Å². The lowest BCUT2D eigenvalue weighted by atomic mass is 9.82. The first-order valence-electron chi connectivity index (χ1n) is 8.05. The molecule has 116 valence electrons. The van der Waals surface area contributed by atoms with Gasteiger partial charge < -0.3 is 9.47 Å². The average Bonchev–Trinajstić information content (AvgIpc) is 2.53. The Bertz CT molecular complexity index is 477. The Morgan fingerprint density at radius 3 is 2.67 bits per heavy atom. The number of hydrogen-bond acceptors (Lipinski definition) is 3. The zero-order chi connectivity index (χ0) is 15.3. The van der Waals surface area contributed by atoms with E-state index >= 15 is 0 Å². The van der Waals surface area contributed by atoms with Gasteiger partial charge in [0.1, 0.15) is 11.4 Å². The summed E-state index contributed by atoms with van der Waals surface area (Å²) in [5.41, 5.74) is 0.553. The molecule has 0 aromatic heterocycles. The lowest BCUT2D eigenvalue weighted by Gasteiger charge is -2.33. The highest BCUT2D eigenvalue weighted by Crippen LogP contribution is 2.37. The van der Waals surface area contributed by atoms with Gasteiger partial charge >= 0.3 is 0 Å². The summed E-state index contributed by atoms with van der Waals surface area (Å²) in [7, 11) is 0. The van der Waals surface area contributed by atoms with Crippen LogP contribution in [0.3, 0.4) is 0 Å². The zero-order valence-electron chi connectivity index (χ0n) is 13.4. The molecular formula is C18H26O3. The number of fused-ring (bicyclic) bond motifs is 1. The third-order valence-electron chi connectivity index (χ3n) is 4.59. The number of ether oxygens (including phenoxy) is 2. The molecule has 3 nitrogen and oxygen atoms in total. The Labute approximate surface area is 127 Å². The Hall–Kier alpha value is -1.35. The Kier molecular flexibility index (Phi) is 5.40. The second-order valence-electron chi connectivity index (χ2n) is 5.63. The van der Waals surface area contributed by atoms with Crippen LogP contribution in [-0.4, -0.2) is 24.6 Å². The van der Waals surface area contributed by atoms with Gasteiger partial charge in [-0.1, -0.05) is 32.0 Å². The fourth-order valence-electron chi connectivity index (χ4n) is 3.24. The van der Waals surface area contributed by atoms with Crippen molar-refractivity contribution in [3.63, 3.8) is 0 Å². The van der Waals surface area contributed by atoms with E-state index in [1.807, 2.05) is 39.0 Å². The van der Waals surface area contributed by atoms with Gasteiger partial charge in [-0.05, 0) is 43.7 Å². The molecule has 0 bridgehead atoms. The van der Waals surface area contributed by atoms with Crippen molar-refractivity contribution < 1.29 is 14.3 Å². The molecule has 0 amide bonds. The van der Waals surface area contributed by atoms with Gasteiger partial charge in [0, 0.05) is 13.0 Å². The van der Waals surface area contributed by atoms with E-state index in [9.17, 15) is 4.79 Å². The first-order valence-corrected chi connectivity index (χ1v) is 8.05. The molecule has 1 unspecified atom stereocenters. The van der Waals surface area contributed by atoms with E-state index in [0.29, 0.717) is 19.6 Å². The quantitative estimate of drug-likeness (QED) is 0.758. The van der Waals surface area contributed by atoms with Crippen LogP contribution in [0.1, 0.15) is 57.9 Å². The third kappa shape index (κ3) is 3.29. The molecule has 0 saturated carbocycles. The largest absolute Gasteiger partial charge is 0.493 e. The molecule has 1 aromatic rings. The van der Waals surface area contributed by atoms with E-state index in [4.69, 9.17) is 9.47 Å². The first-order chi connectivity index (χ1) is 10.2. The highest BCUT2D eigenvalue weighted by molar-refractivity contribution is 5.88. The Balaban J connectivity index is 2.16. The summed E-state index contributed by atoms with van der Waals surface area (Å²) in [5, 5.41) is 0. The highest BCUT2D eigenvalue weighted by Gasteiger charge is 2.37. The van der Waals surface area contributed by atoms with Crippen LogP contribution < -0.4 is 4.74 Å². The summed E-state index contributed by atoms with van der Waals surface area (Å²) in [6.45, 7) is 7.30. The minimum atomic E-state index is -0.609. The molecular weight excluding hydrogens is 264 g/mol. The molecule has 3 heteroatoms. The van der Waals surface area contributed by atoms with Crippen LogP contribution in [-0.2, 0) is 9.53 Å². The van der Waals surface area contributed by atoms with Crippen molar-refractivity contribution in [1.29, 1.82) is 0 Å². The zero-order valence-corrected chi connectivity index (χ0v) is 13.4. The van der Waals surface area contributed by atoms with Crippen molar-refractivity contribution >= 4 is 5.78 Å². The van der Waals surface area contributed by atoms with Gasteiger partial charge in [0.05, 0.1) is 6.61 Å². The average molecular weight is 290 g/mol. The van der Waals surface area contributed by atoms with Crippen LogP contribution in [0.15, 0.2) is 24.3 Å². The van der Waals surface area contributed by atoms with Crippen LogP contribution in [0.25, 0.3) is 0 Å². The summed E-state index contributed by atoms with van der Waals surface area (Å²) in [5.74, 6) is 1.41. The standard InChI is InChI=1S/C18H26O3/c1-4-18(5-2,21-6-3)17(19)13-14-11-12-20-16-10-8-7-9-15(14)16/h7-10,14H,4-6,11-13H2,1-3H3. The molecule has 0 radical (unpaired) electrons. The Morgan fingerprint density at radius 2 is 2.00 bits per heavy atom. The molecule has 1 aromatic carbocycles. The van der Waals surface area contributed by atoms with E-state index in [2.05, 4.69) is 6.07 Å². The molecule has 0 fully saturated rings. The maximum atomic E-state index is 12.8. The summed E-state index contributed by atoms with van der Waals surface area (Å²) < 4.78 is 11.5. The molecule has 0 spiro atoms. The van der Waals surface area contributed by atoms with Crippen molar-refractivity contribution in [2.24, 2.45) is 0 Å². The summed E-state index contributed by atoms with van der Waals surface area (Å²) in [6.07, 6.45) is 2.92. The van der Waals surface area contributed by atoms with Gasteiger partial charge in [-0.3, -0.25) is 4.79 Å². The van der Waals surface area contributed by atoms with E-state index in [1.54, 1.807) is 0 Å². The smallest absolute Gasteiger partial charge is 0.165 e. The highest BCUT2D eigenvalue weighted by atomic mass is 16.5. The molecule has 1 aliphatic heterocycles. The van der Waals surface area contributed by atoms with Gasteiger partial charge in [-0.25, -0.2) is 0 Å². The number of carbonyl (C=O) groups is 1. The van der Waals surface area contributed by atoms with Crippen molar-refractivity contribution in [3.05, 3.63) is 29.8 Å². The molecule has 21 heavy (non-hydrogen) atoms. The minimum absolute atomic E-state index is 0.232. The maximum Gasteiger partial charge on any atom is 0.165 e. The number of ketones is 1. The molecule has 1 aliphatic rings. The lowest BCUT2D eigenvalue weighted by Crippen LogP contribution is -2.41. The number of para-hydroxylation sites is 1. The number of Topliss-reactive ketones (excluding diaryl/α,β-unsaturated/α-hetero) is 1. The van der Waals surface area contributed by atoms with Crippen molar-refractivity contribution in [2.45, 2.75) is 58.0 Å². The molecule has 1 heterocycles. The van der Waals surface area contributed by atoms with Crippen LogP contribution >= 0.6 is 0 Å². The van der Waals surface area contributed by atoms with Gasteiger partial charge in [0.25, 0.3) is 0 Å². The number of hydrogen-bond donors (Lipinski definition) is 0. The van der Waals surface area contributed by atoms with E-state index in [-0.39, 0.29) is 11.7 Å². The predicted molar refractivity (Wildman–Crippen MR) is 83.9 cm³/mol. The van der Waals surface area contributed by atoms with Gasteiger partial charge in [-0.15, -0.1) is 0 Å². The first kappa shape index (κ1) is 16.0. The predicted octanol–water partition coefficient (Wildman–Crippen LogP) is 4.11.